The van der Waals surface area contributed by atoms with Gasteiger partial charge in [-0.25, -0.2) is 8.42 Å². The first-order valence-electron chi connectivity index (χ1n) is 10.5. The van der Waals surface area contributed by atoms with Crippen LogP contribution >= 0.6 is 11.6 Å². The van der Waals surface area contributed by atoms with Crippen molar-refractivity contribution >= 4 is 33.2 Å². The molecule has 0 spiro atoms. The molecule has 6 nitrogen and oxygen atoms in total. The van der Waals surface area contributed by atoms with Gasteiger partial charge in [0.05, 0.1) is 17.1 Å². The summed E-state index contributed by atoms with van der Waals surface area (Å²) in [5, 5.41) is 3.33. The Morgan fingerprint density at radius 1 is 0.970 bits per heavy atom. The van der Waals surface area contributed by atoms with Gasteiger partial charge in [0.15, 0.2) is 0 Å². The van der Waals surface area contributed by atoms with Gasteiger partial charge in [-0.15, -0.1) is 0 Å². The number of halogens is 1. The van der Waals surface area contributed by atoms with Gasteiger partial charge in [-0.1, -0.05) is 47.5 Å². The lowest BCUT2D eigenvalue weighted by Crippen LogP contribution is -2.42. The fourth-order valence-corrected chi connectivity index (χ4v) is 4.73. The normalized spacial score (nSPS) is 11.2. The average molecular weight is 487 g/mol. The van der Waals surface area contributed by atoms with E-state index in [1.54, 1.807) is 54.6 Å². The predicted octanol–water partition coefficient (Wildman–Crippen LogP) is 4.66. The lowest BCUT2D eigenvalue weighted by Gasteiger charge is -2.24. The highest BCUT2D eigenvalue weighted by Gasteiger charge is 2.27. The molecule has 0 aliphatic heterocycles. The van der Waals surface area contributed by atoms with Gasteiger partial charge in [-0.3, -0.25) is 9.10 Å². The number of sulfonamides is 1. The molecule has 0 aromatic heterocycles. The summed E-state index contributed by atoms with van der Waals surface area (Å²) in [6.07, 6.45) is 0. The zero-order valence-electron chi connectivity index (χ0n) is 18.8. The minimum atomic E-state index is -3.94. The van der Waals surface area contributed by atoms with E-state index in [2.05, 4.69) is 5.32 Å². The molecule has 8 heteroatoms. The molecule has 33 heavy (non-hydrogen) atoms. The van der Waals surface area contributed by atoms with E-state index in [1.165, 1.54) is 0 Å². The Morgan fingerprint density at radius 2 is 1.70 bits per heavy atom. The summed E-state index contributed by atoms with van der Waals surface area (Å²) in [6.45, 7) is 5.74. The molecule has 0 radical (unpaired) electrons. The molecule has 0 fully saturated rings. The molecular weight excluding hydrogens is 460 g/mol. The first kappa shape index (κ1) is 24.6. The molecule has 3 aromatic carbocycles. The maximum absolute atomic E-state index is 13.4. The minimum absolute atomic E-state index is 0.127. The third kappa shape index (κ3) is 6.49. The van der Waals surface area contributed by atoms with Crippen LogP contribution in [0.3, 0.4) is 0 Å². The quantitative estimate of drug-likeness (QED) is 0.446. The van der Waals surface area contributed by atoms with E-state index >= 15 is 0 Å². The fraction of sp³-hybridized carbons (Fsp3) is 0.240. The summed E-state index contributed by atoms with van der Waals surface area (Å²) in [5.74, 6) is 0.168. The van der Waals surface area contributed by atoms with Crippen LogP contribution in [0.2, 0.25) is 5.02 Å². The zero-order valence-corrected chi connectivity index (χ0v) is 20.4. The van der Waals surface area contributed by atoms with Crippen LogP contribution in [0.15, 0.2) is 71.6 Å². The highest BCUT2D eigenvalue weighted by Crippen LogP contribution is 2.25. The zero-order chi connectivity index (χ0) is 24.0. The van der Waals surface area contributed by atoms with Gasteiger partial charge >= 0.3 is 0 Å². The van der Waals surface area contributed by atoms with Crippen LogP contribution in [0, 0.1) is 20.8 Å². The minimum Gasteiger partial charge on any atom is -0.492 e. The highest BCUT2D eigenvalue weighted by atomic mass is 35.5. The third-order valence-electron chi connectivity index (χ3n) is 5.02. The number of nitrogens with zero attached hydrogens (tertiary/aromatic N) is 1. The van der Waals surface area contributed by atoms with E-state index in [0.717, 1.165) is 21.0 Å². The molecule has 0 saturated carbocycles. The molecule has 0 bridgehead atoms. The number of hydrogen-bond acceptors (Lipinski definition) is 4. The molecule has 1 N–H and O–H groups in total. The van der Waals surface area contributed by atoms with E-state index in [4.69, 9.17) is 16.3 Å². The van der Waals surface area contributed by atoms with Gasteiger partial charge in [0, 0.05) is 5.02 Å². The number of nitrogens with one attached hydrogen (secondary N) is 1. The van der Waals surface area contributed by atoms with Crippen molar-refractivity contribution in [2.45, 2.75) is 25.7 Å². The van der Waals surface area contributed by atoms with Crippen molar-refractivity contribution in [3.8, 4) is 5.75 Å². The Balaban J connectivity index is 1.70. The average Bonchev–Trinajstić information content (AvgIpc) is 2.77. The largest absolute Gasteiger partial charge is 0.492 e. The Kier molecular flexibility index (Phi) is 8.00. The van der Waals surface area contributed by atoms with E-state index in [1.807, 2.05) is 32.9 Å². The smallest absolute Gasteiger partial charge is 0.264 e. The van der Waals surface area contributed by atoms with Crippen molar-refractivity contribution in [1.29, 1.82) is 0 Å². The third-order valence-corrected chi connectivity index (χ3v) is 7.22. The highest BCUT2D eigenvalue weighted by molar-refractivity contribution is 7.92. The van der Waals surface area contributed by atoms with Crippen molar-refractivity contribution in [2.75, 3.05) is 24.0 Å². The van der Waals surface area contributed by atoms with E-state index in [9.17, 15) is 13.2 Å². The fourth-order valence-electron chi connectivity index (χ4n) is 3.14. The van der Waals surface area contributed by atoms with Crippen molar-refractivity contribution in [1.82, 2.24) is 5.32 Å². The lowest BCUT2D eigenvalue weighted by molar-refractivity contribution is -0.119. The van der Waals surface area contributed by atoms with Gasteiger partial charge in [0.2, 0.25) is 5.91 Å². The Labute approximate surface area is 200 Å². The number of benzene rings is 3. The first-order chi connectivity index (χ1) is 15.7. The Bertz CT molecular complexity index is 1230. The molecule has 1 amide bonds. The van der Waals surface area contributed by atoms with Gasteiger partial charge in [0.25, 0.3) is 10.0 Å². The summed E-state index contributed by atoms with van der Waals surface area (Å²) in [4.78, 5) is 12.8. The maximum Gasteiger partial charge on any atom is 0.264 e. The second kappa shape index (κ2) is 10.7. The summed E-state index contributed by atoms with van der Waals surface area (Å²) < 4.78 is 33.5. The van der Waals surface area contributed by atoms with Gasteiger partial charge < -0.3 is 10.1 Å². The lowest BCUT2D eigenvalue weighted by atomic mass is 10.2. The van der Waals surface area contributed by atoms with Crippen LogP contribution in [-0.4, -0.2) is 34.0 Å². The molecule has 0 saturated heterocycles. The van der Waals surface area contributed by atoms with Crippen molar-refractivity contribution in [2.24, 2.45) is 0 Å². The van der Waals surface area contributed by atoms with Crippen molar-refractivity contribution < 1.29 is 17.9 Å². The van der Waals surface area contributed by atoms with Crippen LogP contribution in [0.25, 0.3) is 0 Å². The van der Waals surface area contributed by atoms with E-state index < -0.39 is 15.9 Å². The molecule has 3 rings (SSSR count). The van der Waals surface area contributed by atoms with Crippen molar-refractivity contribution in [3.63, 3.8) is 0 Å². The topological polar surface area (TPSA) is 75.7 Å². The number of anilines is 1. The number of amides is 1. The number of carbonyl (C=O) groups is 1. The summed E-state index contributed by atoms with van der Waals surface area (Å²) in [7, 11) is -3.94. The van der Waals surface area contributed by atoms with Crippen LogP contribution in [0.1, 0.15) is 16.7 Å². The summed E-state index contributed by atoms with van der Waals surface area (Å²) in [6, 6.07) is 19.0. The standard InChI is InChI=1S/C25H27ClN2O4S/c1-18-7-11-23(12-8-18)33(30,31)28(21-6-4-5-19(2)15-21)17-25(29)27-13-14-32-22-10-9-20(3)24(26)16-22/h4-12,15-16H,13-14,17H2,1-3H3,(H,27,29). The summed E-state index contributed by atoms with van der Waals surface area (Å²) in [5.41, 5.74) is 3.21. The molecule has 0 aliphatic rings. The van der Waals surface area contributed by atoms with Crippen LogP contribution in [-0.2, 0) is 14.8 Å². The SMILES string of the molecule is Cc1ccc(S(=O)(=O)N(CC(=O)NCCOc2ccc(C)c(Cl)c2)c2cccc(C)c2)cc1. The number of aryl methyl sites for hydroxylation is 3. The maximum atomic E-state index is 13.4. The van der Waals surface area contributed by atoms with Crippen LogP contribution < -0.4 is 14.4 Å². The van der Waals surface area contributed by atoms with E-state index in [-0.39, 0.29) is 24.6 Å². The second-order valence-corrected chi connectivity index (χ2v) is 10.0. The molecular formula is C25H27ClN2O4S. The molecule has 3 aromatic rings. The predicted molar refractivity (Wildman–Crippen MR) is 132 cm³/mol. The Hall–Kier alpha value is -3.03. The van der Waals surface area contributed by atoms with Crippen LogP contribution in [0.5, 0.6) is 5.75 Å². The molecule has 174 valence electrons. The second-order valence-electron chi connectivity index (χ2n) is 7.77. The number of rotatable bonds is 9. The van der Waals surface area contributed by atoms with Gasteiger partial charge in [-0.05, 0) is 68.3 Å². The van der Waals surface area contributed by atoms with Crippen LogP contribution in [0.4, 0.5) is 5.69 Å². The van der Waals surface area contributed by atoms with Gasteiger partial charge in [-0.2, -0.15) is 0 Å². The Morgan fingerprint density at radius 3 is 2.36 bits per heavy atom. The molecule has 0 atom stereocenters. The van der Waals surface area contributed by atoms with Gasteiger partial charge in [0.1, 0.15) is 18.9 Å². The number of carbonyl (C=O) groups excluding carboxylic acids is 1. The summed E-state index contributed by atoms with van der Waals surface area (Å²) >= 11 is 6.09. The number of hydrogen-bond donors (Lipinski definition) is 1. The number of ether oxygens (including phenoxy) is 1. The molecule has 0 aliphatic carbocycles. The molecule has 0 unspecified atom stereocenters. The van der Waals surface area contributed by atoms with E-state index in [0.29, 0.717) is 16.5 Å². The monoisotopic (exact) mass is 486 g/mol. The van der Waals surface area contributed by atoms with Crippen molar-refractivity contribution in [3.05, 3.63) is 88.4 Å². The first-order valence-corrected chi connectivity index (χ1v) is 12.3. The molecule has 0 heterocycles.